The zero-order valence-electron chi connectivity index (χ0n) is 15.5. The summed E-state index contributed by atoms with van der Waals surface area (Å²) in [6, 6.07) is 16.6. The van der Waals surface area contributed by atoms with Crippen LogP contribution in [0, 0.1) is 5.82 Å². The van der Waals surface area contributed by atoms with Gasteiger partial charge in [-0.2, -0.15) is 0 Å². The van der Waals surface area contributed by atoms with Gasteiger partial charge in [0, 0.05) is 12.5 Å². The second kappa shape index (κ2) is 8.14. The maximum absolute atomic E-state index is 13.7. The molecule has 0 saturated heterocycles. The monoisotopic (exact) mass is 396 g/mol. The molecule has 0 bridgehead atoms. The summed E-state index contributed by atoms with van der Waals surface area (Å²) in [6.07, 6.45) is 1.07. The Morgan fingerprint density at radius 3 is 2.64 bits per heavy atom. The minimum absolute atomic E-state index is 0.152. The van der Waals surface area contributed by atoms with Crippen LogP contribution in [0.5, 0.6) is 0 Å². The van der Waals surface area contributed by atoms with E-state index in [4.69, 9.17) is 0 Å². The molecular weight excluding hydrogens is 375 g/mol. The second-order valence-electron chi connectivity index (χ2n) is 6.76. The molecule has 28 heavy (non-hydrogen) atoms. The highest BCUT2D eigenvalue weighted by Crippen LogP contribution is 2.54. The first-order valence-corrected chi connectivity index (χ1v) is 10.3. The number of hydrogen-bond acceptors (Lipinski definition) is 4. The molecule has 1 saturated carbocycles. The summed E-state index contributed by atoms with van der Waals surface area (Å²) >= 11 is 1.32. The van der Waals surface area contributed by atoms with Crippen LogP contribution in [-0.2, 0) is 11.3 Å². The van der Waals surface area contributed by atoms with Crippen molar-refractivity contribution in [3.05, 3.63) is 71.8 Å². The van der Waals surface area contributed by atoms with Gasteiger partial charge in [-0.05, 0) is 37.0 Å². The van der Waals surface area contributed by atoms with Gasteiger partial charge >= 0.3 is 0 Å². The summed E-state index contributed by atoms with van der Waals surface area (Å²) in [7, 11) is 0. The molecule has 0 aliphatic heterocycles. The van der Waals surface area contributed by atoms with Gasteiger partial charge in [0.05, 0.1) is 11.4 Å². The van der Waals surface area contributed by atoms with Gasteiger partial charge in [0.1, 0.15) is 11.6 Å². The van der Waals surface area contributed by atoms with E-state index in [1.54, 1.807) is 18.2 Å². The minimum atomic E-state index is -0.444. The molecule has 4 rings (SSSR count). The van der Waals surface area contributed by atoms with Gasteiger partial charge in [0.15, 0.2) is 5.16 Å². The zero-order valence-corrected chi connectivity index (χ0v) is 16.3. The standard InChI is InChI=1S/C21H21FN4OS/c1-2-26-20(16-12-15(16)14-8-4-3-5-9-14)24-25-21(26)28-13-19(27)23-18-11-7-6-10-17(18)22/h3-11,15-16H,2,12-13H2,1H3,(H,23,27). The number of nitrogens with zero attached hydrogens (tertiary/aromatic N) is 3. The van der Waals surface area contributed by atoms with Crippen LogP contribution in [0.3, 0.4) is 0 Å². The van der Waals surface area contributed by atoms with Crippen molar-refractivity contribution < 1.29 is 9.18 Å². The van der Waals surface area contributed by atoms with Crippen molar-refractivity contribution in [2.75, 3.05) is 11.1 Å². The summed E-state index contributed by atoms with van der Waals surface area (Å²) in [6.45, 7) is 2.80. The number of para-hydroxylation sites is 1. The number of carbonyl (C=O) groups excluding carboxylic acids is 1. The molecule has 144 valence electrons. The fourth-order valence-electron chi connectivity index (χ4n) is 3.41. The molecule has 1 aliphatic rings. The Morgan fingerprint density at radius 2 is 1.89 bits per heavy atom. The van der Waals surface area contributed by atoms with Crippen LogP contribution in [0.25, 0.3) is 0 Å². The number of rotatable bonds is 7. The molecule has 1 aromatic heterocycles. The summed E-state index contributed by atoms with van der Waals surface area (Å²) in [5.74, 6) is 1.28. The van der Waals surface area contributed by atoms with E-state index < -0.39 is 5.82 Å². The topological polar surface area (TPSA) is 59.8 Å². The number of aromatic nitrogens is 3. The first-order valence-electron chi connectivity index (χ1n) is 9.32. The lowest BCUT2D eigenvalue weighted by atomic mass is 10.1. The number of benzene rings is 2. The highest BCUT2D eigenvalue weighted by atomic mass is 32.2. The Morgan fingerprint density at radius 1 is 1.14 bits per heavy atom. The smallest absolute Gasteiger partial charge is 0.234 e. The molecule has 1 aliphatic carbocycles. The van der Waals surface area contributed by atoms with E-state index in [0.717, 1.165) is 23.9 Å². The first kappa shape index (κ1) is 18.7. The lowest BCUT2D eigenvalue weighted by Crippen LogP contribution is -2.15. The fourth-order valence-corrected chi connectivity index (χ4v) is 4.22. The predicted octanol–water partition coefficient (Wildman–Crippen LogP) is 4.44. The minimum Gasteiger partial charge on any atom is -0.323 e. The molecule has 0 spiro atoms. The number of halogens is 1. The van der Waals surface area contributed by atoms with Gasteiger partial charge in [0.25, 0.3) is 0 Å². The highest BCUT2D eigenvalue weighted by molar-refractivity contribution is 7.99. The Kier molecular flexibility index (Phi) is 5.43. The van der Waals surface area contributed by atoms with Crippen LogP contribution < -0.4 is 5.32 Å². The van der Waals surface area contributed by atoms with Crippen molar-refractivity contribution in [3.63, 3.8) is 0 Å². The first-order chi connectivity index (χ1) is 13.7. The molecule has 1 fully saturated rings. The summed E-state index contributed by atoms with van der Waals surface area (Å²) < 4.78 is 15.7. The maximum atomic E-state index is 13.7. The van der Waals surface area contributed by atoms with Gasteiger partial charge < -0.3 is 9.88 Å². The van der Waals surface area contributed by atoms with Crippen molar-refractivity contribution in [3.8, 4) is 0 Å². The molecule has 5 nitrogen and oxygen atoms in total. The Labute approximate surface area is 167 Å². The Balaban J connectivity index is 1.40. The van der Waals surface area contributed by atoms with Crippen LogP contribution in [0.15, 0.2) is 59.8 Å². The molecular formula is C21H21FN4OS. The predicted molar refractivity (Wildman–Crippen MR) is 108 cm³/mol. The largest absolute Gasteiger partial charge is 0.323 e. The van der Waals surface area contributed by atoms with Crippen molar-refractivity contribution >= 4 is 23.4 Å². The van der Waals surface area contributed by atoms with E-state index in [1.165, 1.54) is 23.4 Å². The van der Waals surface area contributed by atoms with Crippen molar-refractivity contribution in [1.29, 1.82) is 0 Å². The van der Waals surface area contributed by atoms with Crippen molar-refractivity contribution in [2.45, 2.75) is 36.9 Å². The molecule has 2 aromatic carbocycles. The fraction of sp³-hybridized carbons (Fsp3) is 0.286. The average molecular weight is 396 g/mol. The van der Waals surface area contributed by atoms with Crippen LogP contribution >= 0.6 is 11.8 Å². The highest BCUT2D eigenvalue weighted by Gasteiger charge is 2.43. The molecule has 2 atom stereocenters. The lowest BCUT2D eigenvalue weighted by molar-refractivity contribution is -0.113. The van der Waals surface area contributed by atoms with Gasteiger partial charge in [-0.1, -0.05) is 54.2 Å². The van der Waals surface area contributed by atoms with E-state index in [-0.39, 0.29) is 17.3 Å². The summed E-state index contributed by atoms with van der Waals surface area (Å²) in [4.78, 5) is 12.2. The SMILES string of the molecule is CCn1c(SCC(=O)Nc2ccccc2F)nnc1C1CC1c1ccccc1. The molecule has 2 unspecified atom stereocenters. The number of carbonyl (C=O) groups is 1. The molecule has 7 heteroatoms. The van der Waals surface area contributed by atoms with Gasteiger partial charge in [-0.15, -0.1) is 10.2 Å². The van der Waals surface area contributed by atoms with E-state index in [9.17, 15) is 9.18 Å². The van der Waals surface area contributed by atoms with Gasteiger partial charge in [0.2, 0.25) is 5.91 Å². The lowest BCUT2D eigenvalue weighted by Gasteiger charge is -2.08. The van der Waals surface area contributed by atoms with Crippen LogP contribution in [0.4, 0.5) is 10.1 Å². The Hall–Kier alpha value is -2.67. The molecule has 1 amide bonds. The Bertz CT molecular complexity index is 976. The number of thioether (sulfide) groups is 1. The van der Waals surface area contributed by atoms with Crippen LogP contribution in [-0.4, -0.2) is 26.4 Å². The normalized spacial score (nSPS) is 18.1. The molecule has 3 aromatic rings. The number of anilines is 1. The third-order valence-electron chi connectivity index (χ3n) is 4.89. The van der Waals surface area contributed by atoms with E-state index in [0.29, 0.717) is 11.8 Å². The van der Waals surface area contributed by atoms with Gasteiger partial charge in [-0.25, -0.2) is 4.39 Å². The van der Waals surface area contributed by atoms with Crippen molar-refractivity contribution in [2.24, 2.45) is 0 Å². The molecule has 0 radical (unpaired) electrons. The average Bonchev–Trinajstić information content (AvgIpc) is 3.41. The summed E-state index contributed by atoms with van der Waals surface area (Å²) in [5, 5.41) is 12.0. The van der Waals surface area contributed by atoms with E-state index >= 15 is 0 Å². The number of nitrogens with one attached hydrogen (secondary N) is 1. The maximum Gasteiger partial charge on any atom is 0.234 e. The third kappa shape index (κ3) is 3.94. The quantitative estimate of drug-likeness (QED) is 0.600. The van der Waals surface area contributed by atoms with E-state index in [2.05, 4.69) is 51.3 Å². The van der Waals surface area contributed by atoms with Crippen molar-refractivity contribution in [1.82, 2.24) is 14.8 Å². The molecule has 1 N–H and O–H groups in total. The van der Waals surface area contributed by atoms with Crippen LogP contribution in [0.1, 0.15) is 36.6 Å². The van der Waals surface area contributed by atoms with Gasteiger partial charge in [-0.3, -0.25) is 4.79 Å². The number of hydrogen-bond donors (Lipinski definition) is 1. The zero-order chi connectivity index (χ0) is 19.5. The van der Waals surface area contributed by atoms with Crippen LogP contribution in [0.2, 0.25) is 0 Å². The van der Waals surface area contributed by atoms with E-state index in [1.807, 2.05) is 6.07 Å². The third-order valence-corrected chi connectivity index (χ3v) is 5.86. The summed E-state index contributed by atoms with van der Waals surface area (Å²) in [5.41, 5.74) is 1.52. The molecule has 1 heterocycles. The number of amides is 1. The second-order valence-corrected chi connectivity index (χ2v) is 7.70.